The molecule has 1 saturated heterocycles. The quantitative estimate of drug-likeness (QED) is 0.251. The topological polar surface area (TPSA) is 92.2 Å². The standard InChI is InChI=1S/C32H38Cl2F4N6O2/c1-17-5-8-20(9-6-17)40-29(45)22-13-24-28(42-27(22)44-12-11-19(35)16-44)43(4)25(41-24)14-21-23(33)10-7-18(26(21)34)15-39-30(46)31(2,3)32(36,37)38/h7,10,13,17,19-20H,5-6,8-9,11-12,14-16H2,1-4H3,(H,39,46)(H,40,45)/t17?,19-,20?/m1/s1. The molecule has 3 aromatic rings. The lowest BCUT2D eigenvalue weighted by atomic mass is 9.87. The summed E-state index contributed by atoms with van der Waals surface area (Å²) in [6.45, 7) is 4.17. The van der Waals surface area contributed by atoms with Crippen molar-refractivity contribution in [1.82, 2.24) is 25.2 Å². The molecule has 0 unspecified atom stereocenters. The van der Waals surface area contributed by atoms with Crippen molar-refractivity contribution in [3.05, 3.63) is 50.8 Å². The molecular weight excluding hydrogens is 647 g/mol. The summed E-state index contributed by atoms with van der Waals surface area (Å²) in [5.41, 5.74) is -0.449. The first-order valence-electron chi connectivity index (χ1n) is 15.4. The molecule has 2 aliphatic rings. The van der Waals surface area contributed by atoms with E-state index in [1.54, 1.807) is 34.7 Å². The van der Waals surface area contributed by atoms with Crippen molar-refractivity contribution in [3.8, 4) is 0 Å². The number of benzene rings is 1. The summed E-state index contributed by atoms with van der Waals surface area (Å²) in [4.78, 5) is 37.3. The first-order valence-corrected chi connectivity index (χ1v) is 16.2. The van der Waals surface area contributed by atoms with Gasteiger partial charge in [0.2, 0.25) is 5.91 Å². The zero-order valence-electron chi connectivity index (χ0n) is 26.2. The van der Waals surface area contributed by atoms with Gasteiger partial charge in [0.1, 0.15) is 28.7 Å². The van der Waals surface area contributed by atoms with E-state index in [0.29, 0.717) is 63.4 Å². The second-order valence-electron chi connectivity index (χ2n) is 13.0. The van der Waals surface area contributed by atoms with Crippen LogP contribution < -0.4 is 15.5 Å². The summed E-state index contributed by atoms with van der Waals surface area (Å²) in [7, 11) is 1.76. The number of imidazole rings is 1. The number of alkyl halides is 4. The van der Waals surface area contributed by atoms with Gasteiger partial charge < -0.3 is 20.1 Å². The third kappa shape index (κ3) is 6.93. The maximum atomic E-state index is 14.3. The number of hydrogen-bond donors (Lipinski definition) is 2. The molecule has 3 heterocycles. The Balaban J connectivity index is 1.44. The van der Waals surface area contributed by atoms with Crippen LogP contribution in [0.5, 0.6) is 0 Å². The Kier molecular flexibility index (Phi) is 9.80. The molecule has 0 spiro atoms. The Morgan fingerprint density at radius 1 is 1.07 bits per heavy atom. The molecule has 1 aromatic carbocycles. The fourth-order valence-corrected chi connectivity index (χ4v) is 6.49. The molecule has 46 heavy (non-hydrogen) atoms. The Morgan fingerprint density at radius 2 is 1.76 bits per heavy atom. The molecule has 2 fully saturated rings. The maximum absolute atomic E-state index is 14.3. The Morgan fingerprint density at radius 3 is 2.39 bits per heavy atom. The number of aromatic nitrogens is 3. The molecule has 8 nitrogen and oxygen atoms in total. The molecule has 1 saturated carbocycles. The van der Waals surface area contributed by atoms with Gasteiger partial charge in [0.25, 0.3) is 5.91 Å². The first-order chi connectivity index (χ1) is 21.6. The number of carbonyl (C=O) groups is 2. The van der Waals surface area contributed by atoms with Crippen LogP contribution in [0.25, 0.3) is 11.2 Å². The van der Waals surface area contributed by atoms with E-state index in [2.05, 4.69) is 17.6 Å². The van der Waals surface area contributed by atoms with E-state index in [9.17, 15) is 27.2 Å². The van der Waals surface area contributed by atoms with Crippen molar-refractivity contribution in [2.24, 2.45) is 18.4 Å². The van der Waals surface area contributed by atoms with Crippen molar-refractivity contribution in [2.45, 2.75) is 84.2 Å². The van der Waals surface area contributed by atoms with Gasteiger partial charge in [-0.1, -0.05) is 36.2 Å². The monoisotopic (exact) mass is 684 g/mol. The van der Waals surface area contributed by atoms with Crippen LogP contribution in [0.2, 0.25) is 10.0 Å². The van der Waals surface area contributed by atoms with Crippen molar-refractivity contribution < 1.29 is 27.2 Å². The van der Waals surface area contributed by atoms with Gasteiger partial charge in [0, 0.05) is 37.6 Å². The predicted molar refractivity (Wildman–Crippen MR) is 170 cm³/mol. The third-order valence-electron chi connectivity index (χ3n) is 9.26. The van der Waals surface area contributed by atoms with E-state index in [1.165, 1.54) is 0 Å². The average molecular weight is 686 g/mol. The number of nitrogens with one attached hydrogen (secondary N) is 2. The van der Waals surface area contributed by atoms with Crippen molar-refractivity contribution in [1.29, 1.82) is 0 Å². The van der Waals surface area contributed by atoms with Gasteiger partial charge in [-0.3, -0.25) is 9.59 Å². The number of rotatable bonds is 8. The number of aryl methyl sites for hydroxylation is 1. The largest absolute Gasteiger partial charge is 0.402 e. The molecule has 0 radical (unpaired) electrons. The second-order valence-corrected chi connectivity index (χ2v) is 13.8. The molecule has 1 atom stereocenters. The van der Waals surface area contributed by atoms with Crippen LogP contribution in [0.4, 0.5) is 23.4 Å². The summed E-state index contributed by atoms with van der Waals surface area (Å²) in [6, 6.07) is 4.85. The number of halogens is 6. The number of fused-ring (bicyclic) bond motifs is 1. The van der Waals surface area contributed by atoms with E-state index in [-0.39, 0.29) is 36.5 Å². The number of pyridine rings is 1. The summed E-state index contributed by atoms with van der Waals surface area (Å²) < 4.78 is 56.0. The van der Waals surface area contributed by atoms with E-state index in [0.717, 1.165) is 39.5 Å². The minimum Gasteiger partial charge on any atom is -0.353 e. The fraction of sp³-hybridized carbons (Fsp3) is 0.562. The zero-order chi connectivity index (χ0) is 33.6. The minimum absolute atomic E-state index is 0.0555. The number of hydrogen-bond acceptors (Lipinski definition) is 5. The first kappa shape index (κ1) is 34.2. The van der Waals surface area contributed by atoms with E-state index < -0.39 is 23.7 Å². The number of amides is 2. The van der Waals surface area contributed by atoms with E-state index in [1.807, 2.05) is 0 Å². The number of carbonyl (C=O) groups excluding carboxylic acids is 2. The van der Waals surface area contributed by atoms with Gasteiger partial charge in [-0.05, 0) is 75.1 Å². The predicted octanol–water partition coefficient (Wildman–Crippen LogP) is 6.93. The lowest BCUT2D eigenvalue weighted by Crippen LogP contribution is -2.46. The molecule has 2 aromatic heterocycles. The molecule has 1 aliphatic carbocycles. The zero-order valence-corrected chi connectivity index (χ0v) is 27.7. The molecule has 2 amide bonds. The Hall–Kier alpha value is -3.12. The highest BCUT2D eigenvalue weighted by atomic mass is 35.5. The van der Waals surface area contributed by atoms with Gasteiger partial charge in [-0.25, -0.2) is 14.4 Å². The normalized spacial score (nSPS) is 20.7. The van der Waals surface area contributed by atoms with Gasteiger partial charge in [0.05, 0.1) is 17.1 Å². The van der Waals surface area contributed by atoms with Crippen LogP contribution in [0.15, 0.2) is 18.2 Å². The van der Waals surface area contributed by atoms with Gasteiger partial charge in [-0.15, -0.1) is 0 Å². The number of anilines is 1. The Bertz CT molecular complexity index is 1630. The average Bonchev–Trinajstić information content (AvgIpc) is 3.56. The van der Waals surface area contributed by atoms with E-state index in [4.69, 9.17) is 33.2 Å². The lowest BCUT2D eigenvalue weighted by Gasteiger charge is -2.27. The van der Waals surface area contributed by atoms with Crippen molar-refractivity contribution in [2.75, 3.05) is 18.0 Å². The van der Waals surface area contributed by atoms with Crippen LogP contribution in [-0.4, -0.2) is 57.8 Å². The lowest BCUT2D eigenvalue weighted by molar-refractivity contribution is -0.211. The molecule has 250 valence electrons. The van der Waals surface area contributed by atoms with Crippen LogP contribution in [0, 0.1) is 11.3 Å². The summed E-state index contributed by atoms with van der Waals surface area (Å²) in [5, 5.41) is 5.98. The van der Waals surface area contributed by atoms with Gasteiger partial charge in [0.15, 0.2) is 5.65 Å². The van der Waals surface area contributed by atoms with Gasteiger partial charge in [-0.2, -0.15) is 13.2 Å². The fourth-order valence-electron chi connectivity index (χ4n) is 5.92. The highest BCUT2D eigenvalue weighted by molar-refractivity contribution is 6.36. The smallest absolute Gasteiger partial charge is 0.353 e. The third-order valence-corrected chi connectivity index (χ3v) is 10.1. The highest BCUT2D eigenvalue weighted by Crippen LogP contribution is 2.38. The molecule has 14 heteroatoms. The maximum Gasteiger partial charge on any atom is 0.402 e. The van der Waals surface area contributed by atoms with Crippen LogP contribution in [0.1, 0.15) is 80.2 Å². The van der Waals surface area contributed by atoms with Crippen LogP contribution in [-0.2, 0) is 24.8 Å². The summed E-state index contributed by atoms with van der Waals surface area (Å²) in [6.07, 6.45) is -1.39. The summed E-state index contributed by atoms with van der Waals surface area (Å²) >= 11 is 13.2. The Labute approximate surface area is 275 Å². The highest BCUT2D eigenvalue weighted by Gasteiger charge is 2.52. The number of nitrogens with zero attached hydrogens (tertiary/aromatic N) is 4. The molecule has 2 N–H and O–H groups in total. The van der Waals surface area contributed by atoms with Gasteiger partial charge >= 0.3 is 6.18 Å². The van der Waals surface area contributed by atoms with E-state index >= 15 is 0 Å². The van der Waals surface area contributed by atoms with Crippen molar-refractivity contribution in [3.63, 3.8) is 0 Å². The molecule has 1 aliphatic heterocycles. The minimum atomic E-state index is -4.72. The molecular formula is C32H38Cl2F4N6O2. The van der Waals surface area contributed by atoms with Crippen LogP contribution >= 0.6 is 23.2 Å². The molecule has 0 bridgehead atoms. The SMILES string of the molecule is CC1CCC(NC(=O)c2cc3nc(Cc4c(Cl)ccc(CNC(=O)C(C)(C)C(F)(F)F)c4Cl)n(C)c3nc2N2CC[C@@H](F)C2)CC1. The van der Waals surface area contributed by atoms with Crippen molar-refractivity contribution >= 4 is 52.0 Å². The molecule has 5 rings (SSSR count). The van der Waals surface area contributed by atoms with Crippen LogP contribution in [0.3, 0.4) is 0 Å². The second kappa shape index (κ2) is 13.2. The summed E-state index contributed by atoms with van der Waals surface area (Å²) in [5.74, 6) is 0.0928.